The standard InChI is InChI=1S/C21H28N4O4S/c1-13(2)25(14(3)4)11-10-22-19(27)17-12-30-21(23-17)24-18(26)15-6-8-16(9-7-15)20(28)29-5/h6-9,12-14H,10-11H2,1-5H3,(H,22,27)(H,23,24,26). The largest absolute Gasteiger partial charge is 0.465 e. The molecule has 1 aromatic heterocycles. The normalized spacial score (nSPS) is 11.1. The molecule has 0 atom stereocenters. The second-order valence-electron chi connectivity index (χ2n) is 7.24. The second-order valence-corrected chi connectivity index (χ2v) is 8.10. The average Bonchev–Trinajstić information content (AvgIpc) is 3.18. The van der Waals surface area contributed by atoms with Gasteiger partial charge in [0.05, 0.1) is 12.7 Å². The summed E-state index contributed by atoms with van der Waals surface area (Å²) in [6, 6.07) is 6.86. The van der Waals surface area contributed by atoms with E-state index in [-0.39, 0.29) is 17.5 Å². The molecule has 1 aromatic carbocycles. The second kappa shape index (κ2) is 10.8. The smallest absolute Gasteiger partial charge is 0.337 e. The first-order valence-electron chi connectivity index (χ1n) is 9.72. The molecule has 0 bridgehead atoms. The average molecular weight is 433 g/mol. The van der Waals surface area contributed by atoms with Crippen LogP contribution in [0.4, 0.5) is 5.13 Å². The lowest BCUT2D eigenvalue weighted by molar-refractivity contribution is 0.0600. The molecule has 0 saturated carbocycles. The molecule has 8 nitrogen and oxygen atoms in total. The summed E-state index contributed by atoms with van der Waals surface area (Å²) in [6.07, 6.45) is 0. The summed E-state index contributed by atoms with van der Waals surface area (Å²) in [5.74, 6) is -1.12. The van der Waals surface area contributed by atoms with Crippen LogP contribution in [0.5, 0.6) is 0 Å². The summed E-state index contributed by atoms with van der Waals surface area (Å²) >= 11 is 1.17. The maximum atomic E-state index is 12.4. The van der Waals surface area contributed by atoms with E-state index >= 15 is 0 Å². The molecule has 2 rings (SSSR count). The van der Waals surface area contributed by atoms with Gasteiger partial charge in [-0.05, 0) is 52.0 Å². The minimum absolute atomic E-state index is 0.261. The van der Waals surface area contributed by atoms with Crippen molar-refractivity contribution in [2.75, 3.05) is 25.5 Å². The van der Waals surface area contributed by atoms with Crippen molar-refractivity contribution < 1.29 is 19.1 Å². The number of rotatable bonds is 9. The Bertz CT molecular complexity index is 869. The number of hydrogen-bond donors (Lipinski definition) is 2. The number of nitrogens with one attached hydrogen (secondary N) is 2. The lowest BCUT2D eigenvalue weighted by atomic mass is 10.1. The summed E-state index contributed by atoms with van der Waals surface area (Å²) in [6.45, 7) is 9.76. The number of carbonyl (C=O) groups is 3. The number of benzene rings is 1. The third-order valence-electron chi connectivity index (χ3n) is 4.51. The fourth-order valence-corrected chi connectivity index (χ4v) is 3.67. The first kappa shape index (κ1) is 23.5. The maximum absolute atomic E-state index is 12.4. The van der Waals surface area contributed by atoms with Crippen molar-refractivity contribution in [3.05, 3.63) is 46.5 Å². The van der Waals surface area contributed by atoms with Gasteiger partial charge < -0.3 is 10.1 Å². The minimum Gasteiger partial charge on any atom is -0.465 e. The summed E-state index contributed by atoms with van der Waals surface area (Å²) in [5.41, 5.74) is 0.985. The molecule has 0 saturated heterocycles. The van der Waals surface area contributed by atoms with Gasteiger partial charge in [0.15, 0.2) is 5.13 Å². The Balaban J connectivity index is 1.90. The van der Waals surface area contributed by atoms with Gasteiger partial charge in [-0.1, -0.05) is 0 Å². The number of thiazole rings is 1. The third-order valence-corrected chi connectivity index (χ3v) is 5.27. The van der Waals surface area contributed by atoms with Crippen molar-refractivity contribution >= 4 is 34.3 Å². The van der Waals surface area contributed by atoms with Gasteiger partial charge in [0, 0.05) is 36.1 Å². The minimum atomic E-state index is -0.470. The highest BCUT2D eigenvalue weighted by molar-refractivity contribution is 7.14. The van der Waals surface area contributed by atoms with Gasteiger partial charge in [-0.15, -0.1) is 11.3 Å². The monoisotopic (exact) mass is 432 g/mol. The molecule has 2 amide bonds. The van der Waals surface area contributed by atoms with Crippen LogP contribution >= 0.6 is 11.3 Å². The first-order valence-corrected chi connectivity index (χ1v) is 10.6. The number of amides is 2. The number of nitrogens with zero attached hydrogens (tertiary/aromatic N) is 2. The Hall–Kier alpha value is -2.78. The van der Waals surface area contributed by atoms with E-state index < -0.39 is 5.97 Å². The summed E-state index contributed by atoms with van der Waals surface area (Å²) in [5, 5.41) is 7.46. The van der Waals surface area contributed by atoms with Gasteiger partial charge in [0.25, 0.3) is 11.8 Å². The van der Waals surface area contributed by atoms with Gasteiger partial charge in [-0.2, -0.15) is 0 Å². The quantitative estimate of drug-likeness (QED) is 0.591. The van der Waals surface area contributed by atoms with Crippen molar-refractivity contribution in [3.63, 3.8) is 0 Å². The molecule has 30 heavy (non-hydrogen) atoms. The van der Waals surface area contributed by atoms with E-state index in [1.165, 1.54) is 42.7 Å². The molecule has 9 heteroatoms. The number of ether oxygens (including phenoxy) is 1. The van der Waals surface area contributed by atoms with Crippen LogP contribution in [0.25, 0.3) is 0 Å². The number of aromatic nitrogens is 1. The van der Waals surface area contributed by atoms with Crippen LogP contribution in [0.1, 0.15) is 58.9 Å². The Morgan fingerprint density at radius 3 is 2.20 bits per heavy atom. The SMILES string of the molecule is COC(=O)c1ccc(C(=O)Nc2nc(C(=O)NCCN(C(C)C)C(C)C)cs2)cc1. The number of hydrogen-bond acceptors (Lipinski definition) is 7. The Morgan fingerprint density at radius 2 is 1.63 bits per heavy atom. The molecule has 0 aliphatic rings. The first-order chi connectivity index (χ1) is 14.2. The molecule has 0 spiro atoms. The van der Waals surface area contributed by atoms with E-state index in [9.17, 15) is 14.4 Å². The molecule has 0 radical (unpaired) electrons. The topological polar surface area (TPSA) is 101 Å². The highest BCUT2D eigenvalue weighted by Gasteiger charge is 2.16. The summed E-state index contributed by atoms with van der Waals surface area (Å²) < 4.78 is 4.63. The van der Waals surface area contributed by atoms with Crippen LogP contribution < -0.4 is 10.6 Å². The molecule has 0 aliphatic carbocycles. The van der Waals surface area contributed by atoms with E-state index in [0.717, 1.165) is 6.54 Å². The van der Waals surface area contributed by atoms with Crippen LogP contribution in [-0.4, -0.2) is 60.0 Å². The summed E-state index contributed by atoms with van der Waals surface area (Å²) in [7, 11) is 1.30. The lowest BCUT2D eigenvalue weighted by Gasteiger charge is -2.30. The van der Waals surface area contributed by atoms with Crippen LogP contribution in [0, 0.1) is 0 Å². The van der Waals surface area contributed by atoms with Gasteiger partial charge in [0.2, 0.25) is 0 Å². The van der Waals surface area contributed by atoms with E-state index in [2.05, 4.69) is 52.9 Å². The molecular formula is C21H28N4O4S. The fraction of sp³-hybridized carbons (Fsp3) is 0.429. The predicted octanol–water partition coefficient (Wildman–Crippen LogP) is 3.03. The Labute approximate surface area is 180 Å². The lowest BCUT2D eigenvalue weighted by Crippen LogP contribution is -2.42. The number of anilines is 1. The van der Waals surface area contributed by atoms with Crippen molar-refractivity contribution in [3.8, 4) is 0 Å². The number of methoxy groups -OCH3 is 1. The van der Waals surface area contributed by atoms with Gasteiger partial charge in [-0.3, -0.25) is 19.8 Å². The molecule has 162 valence electrons. The Kier molecular flexibility index (Phi) is 8.49. The fourth-order valence-electron chi connectivity index (χ4n) is 2.98. The van der Waals surface area contributed by atoms with E-state index in [1.807, 2.05) is 0 Å². The zero-order chi connectivity index (χ0) is 22.3. The number of carbonyl (C=O) groups excluding carboxylic acids is 3. The van der Waals surface area contributed by atoms with Crippen molar-refractivity contribution in [2.24, 2.45) is 0 Å². The highest BCUT2D eigenvalue weighted by atomic mass is 32.1. The highest BCUT2D eigenvalue weighted by Crippen LogP contribution is 2.17. The van der Waals surface area contributed by atoms with Gasteiger partial charge in [0.1, 0.15) is 5.69 Å². The van der Waals surface area contributed by atoms with E-state index in [1.54, 1.807) is 5.38 Å². The van der Waals surface area contributed by atoms with Crippen LogP contribution in [0.3, 0.4) is 0 Å². The molecule has 0 aliphatic heterocycles. The van der Waals surface area contributed by atoms with Crippen LogP contribution in [-0.2, 0) is 4.74 Å². The van der Waals surface area contributed by atoms with Crippen molar-refractivity contribution in [2.45, 2.75) is 39.8 Å². The van der Waals surface area contributed by atoms with E-state index in [0.29, 0.717) is 34.9 Å². The van der Waals surface area contributed by atoms with Crippen molar-refractivity contribution in [1.82, 2.24) is 15.2 Å². The maximum Gasteiger partial charge on any atom is 0.337 e. The molecule has 0 fully saturated rings. The van der Waals surface area contributed by atoms with Crippen LogP contribution in [0.2, 0.25) is 0 Å². The predicted molar refractivity (Wildman–Crippen MR) is 117 cm³/mol. The number of esters is 1. The van der Waals surface area contributed by atoms with Crippen LogP contribution in [0.15, 0.2) is 29.6 Å². The molecule has 1 heterocycles. The van der Waals surface area contributed by atoms with Gasteiger partial charge in [-0.25, -0.2) is 9.78 Å². The molecule has 2 aromatic rings. The van der Waals surface area contributed by atoms with Crippen molar-refractivity contribution in [1.29, 1.82) is 0 Å². The molecular weight excluding hydrogens is 404 g/mol. The zero-order valence-electron chi connectivity index (χ0n) is 17.9. The Morgan fingerprint density at radius 1 is 1.03 bits per heavy atom. The molecule has 0 unspecified atom stereocenters. The zero-order valence-corrected chi connectivity index (χ0v) is 18.7. The van der Waals surface area contributed by atoms with E-state index in [4.69, 9.17) is 0 Å². The summed E-state index contributed by atoms with van der Waals surface area (Å²) in [4.78, 5) is 42.6. The van der Waals surface area contributed by atoms with Gasteiger partial charge >= 0.3 is 5.97 Å². The third kappa shape index (κ3) is 6.36. The molecule has 2 N–H and O–H groups in total.